The average molecular weight is 227 g/mol. The molecule has 1 aliphatic carbocycles. The Labute approximate surface area is 94.4 Å². The third kappa shape index (κ3) is 2.47. The molecule has 1 aliphatic heterocycles. The van der Waals surface area contributed by atoms with Crippen LogP contribution < -0.4 is 5.32 Å². The standard InChI is InChI=1S/C11H17NO4/c13-6-8-2-1-3-9(8)12-11(14)10-7-15-4-5-16-10/h7-9,13H,1-6H2,(H,12,14). The summed E-state index contributed by atoms with van der Waals surface area (Å²) >= 11 is 0. The summed E-state index contributed by atoms with van der Waals surface area (Å²) < 4.78 is 10.2. The zero-order chi connectivity index (χ0) is 11.4. The lowest BCUT2D eigenvalue weighted by Gasteiger charge is -2.21. The lowest BCUT2D eigenvalue weighted by molar-refractivity contribution is -0.123. The SMILES string of the molecule is O=C(NC1CCCC1CO)C1=COCCO1. The number of carbonyl (C=O) groups excluding carboxylic acids is 1. The lowest BCUT2D eigenvalue weighted by atomic mass is 10.1. The Hall–Kier alpha value is -1.23. The minimum absolute atomic E-state index is 0.0592. The maximum Gasteiger partial charge on any atom is 0.289 e. The number of amides is 1. The largest absolute Gasteiger partial charge is 0.494 e. The van der Waals surface area contributed by atoms with Crippen molar-refractivity contribution in [3.05, 3.63) is 12.0 Å². The van der Waals surface area contributed by atoms with Gasteiger partial charge in [-0.2, -0.15) is 0 Å². The molecule has 90 valence electrons. The van der Waals surface area contributed by atoms with Gasteiger partial charge in [0.15, 0.2) is 0 Å². The Morgan fingerprint density at radius 1 is 1.50 bits per heavy atom. The lowest BCUT2D eigenvalue weighted by Crippen LogP contribution is -2.40. The average Bonchev–Trinajstić information content (AvgIpc) is 2.77. The van der Waals surface area contributed by atoms with Gasteiger partial charge in [-0.1, -0.05) is 6.42 Å². The molecule has 0 bridgehead atoms. The number of hydrogen-bond donors (Lipinski definition) is 2. The third-order valence-electron chi connectivity index (χ3n) is 3.08. The Kier molecular flexibility index (Phi) is 3.66. The normalized spacial score (nSPS) is 28.9. The molecule has 1 saturated carbocycles. The van der Waals surface area contributed by atoms with Gasteiger partial charge in [0.05, 0.1) is 0 Å². The zero-order valence-electron chi connectivity index (χ0n) is 9.15. The summed E-state index contributed by atoms with van der Waals surface area (Å²) in [4.78, 5) is 11.7. The van der Waals surface area contributed by atoms with Crippen LogP contribution in [0.5, 0.6) is 0 Å². The Morgan fingerprint density at radius 2 is 2.38 bits per heavy atom. The molecule has 0 spiro atoms. The van der Waals surface area contributed by atoms with E-state index >= 15 is 0 Å². The second-order valence-electron chi connectivity index (χ2n) is 4.15. The van der Waals surface area contributed by atoms with E-state index in [4.69, 9.17) is 14.6 Å². The maximum atomic E-state index is 11.7. The van der Waals surface area contributed by atoms with E-state index in [9.17, 15) is 4.79 Å². The summed E-state index contributed by atoms with van der Waals surface area (Å²) in [5.41, 5.74) is 0. The monoisotopic (exact) mass is 227 g/mol. The molecule has 2 aliphatic rings. The van der Waals surface area contributed by atoms with Crippen LogP contribution in [0.15, 0.2) is 12.0 Å². The van der Waals surface area contributed by atoms with E-state index in [2.05, 4.69) is 5.32 Å². The maximum absolute atomic E-state index is 11.7. The molecule has 1 amide bonds. The molecule has 0 aromatic rings. The van der Waals surface area contributed by atoms with Crippen LogP contribution in [0.25, 0.3) is 0 Å². The Bertz CT molecular complexity index is 290. The molecule has 5 nitrogen and oxygen atoms in total. The molecule has 0 aromatic heterocycles. The van der Waals surface area contributed by atoms with Crippen molar-refractivity contribution in [2.45, 2.75) is 25.3 Å². The number of hydrogen-bond acceptors (Lipinski definition) is 4. The van der Waals surface area contributed by atoms with Crippen LogP contribution in [0, 0.1) is 5.92 Å². The quantitative estimate of drug-likeness (QED) is 0.720. The second-order valence-corrected chi connectivity index (χ2v) is 4.15. The molecule has 2 N–H and O–H groups in total. The number of ether oxygens (including phenoxy) is 2. The highest BCUT2D eigenvalue weighted by molar-refractivity contribution is 5.91. The summed E-state index contributed by atoms with van der Waals surface area (Å²) in [6, 6.07) is 0.0592. The van der Waals surface area contributed by atoms with E-state index in [1.54, 1.807) is 0 Å². The van der Waals surface area contributed by atoms with Crippen molar-refractivity contribution < 1.29 is 19.4 Å². The van der Waals surface area contributed by atoms with Gasteiger partial charge in [-0.25, -0.2) is 0 Å². The Morgan fingerprint density at radius 3 is 3.06 bits per heavy atom. The van der Waals surface area contributed by atoms with Crippen LogP contribution in [0.4, 0.5) is 0 Å². The molecular weight excluding hydrogens is 210 g/mol. The van der Waals surface area contributed by atoms with Gasteiger partial charge in [0, 0.05) is 18.6 Å². The van der Waals surface area contributed by atoms with Crippen molar-refractivity contribution in [2.75, 3.05) is 19.8 Å². The van der Waals surface area contributed by atoms with Crippen LogP contribution in [0.3, 0.4) is 0 Å². The molecule has 2 atom stereocenters. The van der Waals surface area contributed by atoms with Crippen molar-refractivity contribution in [3.63, 3.8) is 0 Å². The first kappa shape index (κ1) is 11.3. The van der Waals surface area contributed by atoms with Crippen LogP contribution in [0.1, 0.15) is 19.3 Å². The first-order valence-corrected chi connectivity index (χ1v) is 5.67. The second kappa shape index (κ2) is 5.21. The van der Waals surface area contributed by atoms with Gasteiger partial charge in [0.2, 0.25) is 5.76 Å². The molecule has 0 aromatic carbocycles. The smallest absolute Gasteiger partial charge is 0.289 e. The number of aliphatic hydroxyl groups excluding tert-OH is 1. The van der Waals surface area contributed by atoms with Gasteiger partial charge in [-0.15, -0.1) is 0 Å². The van der Waals surface area contributed by atoms with E-state index in [0.29, 0.717) is 13.2 Å². The van der Waals surface area contributed by atoms with Crippen LogP contribution in [-0.2, 0) is 14.3 Å². The number of aliphatic hydroxyl groups is 1. The molecular formula is C11H17NO4. The fourth-order valence-electron chi connectivity index (χ4n) is 2.17. The van der Waals surface area contributed by atoms with Crippen molar-refractivity contribution in [2.24, 2.45) is 5.92 Å². The van der Waals surface area contributed by atoms with E-state index in [1.807, 2.05) is 0 Å². The van der Waals surface area contributed by atoms with Gasteiger partial charge in [0.25, 0.3) is 5.91 Å². The summed E-state index contributed by atoms with van der Waals surface area (Å²) in [6.45, 7) is 1.02. The van der Waals surface area contributed by atoms with Crippen LogP contribution in [-0.4, -0.2) is 36.9 Å². The molecule has 16 heavy (non-hydrogen) atoms. The summed E-state index contributed by atoms with van der Waals surface area (Å²) in [5, 5.41) is 12.0. The molecule has 2 unspecified atom stereocenters. The summed E-state index contributed by atoms with van der Waals surface area (Å²) in [6.07, 6.45) is 4.29. The first-order valence-electron chi connectivity index (χ1n) is 5.67. The number of rotatable bonds is 3. The molecule has 5 heteroatoms. The highest BCUT2D eigenvalue weighted by atomic mass is 16.6. The van der Waals surface area contributed by atoms with E-state index < -0.39 is 0 Å². The zero-order valence-corrected chi connectivity index (χ0v) is 9.15. The molecule has 1 fully saturated rings. The fourth-order valence-corrected chi connectivity index (χ4v) is 2.17. The van der Waals surface area contributed by atoms with E-state index in [0.717, 1.165) is 19.3 Å². The van der Waals surface area contributed by atoms with Gasteiger partial charge < -0.3 is 19.9 Å². The molecule has 1 heterocycles. The molecule has 0 saturated heterocycles. The van der Waals surface area contributed by atoms with Crippen LogP contribution >= 0.6 is 0 Å². The van der Waals surface area contributed by atoms with E-state index in [1.165, 1.54) is 6.26 Å². The van der Waals surface area contributed by atoms with Gasteiger partial charge in [-0.3, -0.25) is 4.79 Å². The van der Waals surface area contributed by atoms with Gasteiger partial charge in [-0.05, 0) is 12.8 Å². The highest BCUT2D eigenvalue weighted by Gasteiger charge is 2.29. The molecule has 2 rings (SSSR count). The van der Waals surface area contributed by atoms with Crippen LogP contribution in [0.2, 0.25) is 0 Å². The van der Waals surface area contributed by atoms with E-state index in [-0.39, 0.29) is 30.2 Å². The number of nitrogens with one attached hydrogen (secondary N) is 1. The van der Waals surface area contributed by atoms with Gasteiger partial charge in [0.1, 0.15) is 19.5 Å². The Balaban J connectivity index is 1.88. The summed E-state index contributed by atoms with van der Waals surface area (Å²) in [5.74, 6) is 0.161. The van der Waals surface area contributed by atoms with Crippen molar-refractivity contribution in [3.8, 4) is 0 Å². The fraction of sp³-hybridized carbons (Fsp3) is 0.727. The number of carbonyl (C=O) groups is 1. The minimum Gasteiger partial charge on any atom is -0.494 e. The highest BCUT2D eigenvalue weighted by Crippen LogP contribution is 2.25. The predicted octanol–water partition coefficient (Wildman–Crippen LogP) is 0.152. The first-order chi connectivity index (χ1) is 7.81. The van der Waals surface area contributed by atoms with Crippen molar-refractivity contribution in [1.82, 2.24) is 5.32 Å². The predicted molar refractivity (Wildman–Crippen MR) is 56.3 cm³/mol. The minimum atomic E-state index is -0.245. The topological polar surface area (TPSA) is 67.8 Å². The van der Waals surface area contributed by atoms with Gasteiger partial charge >= 0.3 is 0 Å². The summed E-state index contributed by atoms with van der Waals surface area (Å²) in [7, 11) is 0. The third-order valence-corrected chi connectivity index (χ3v) is 3.08. The molecule has 0 radical (unpaired) electrons. The van der Waals surface area contributed by atoms with Crippen molar-refractivity contribution >= 4 is 5.91 Å². The van der Waals surface area contributed by atoms with Crippen molar-refractivity contribution in [1.29, 1.82) is 0 Å².